The van der Waals surface area contributed by atoms with Gasteiger partial charge in [-0.1, -0.05) is 35.3 Å². The van der Waals surface area contributed by atoms with Crippen molar-refractivity contribution in [2.45, 2.75) is 16.6 Å². The number of rotatable bonds is 3. The molecule has 118 valence electrons. The van der Waals surface area contributed by atoms with Crippen LogP contribution in [0.2, 0.25) is 10.0 Å². The molecule has 0 spiro atoms. The molecule has 1 saturated heterocycles. The van der Waals surface area contributed by atoms with E-state index in [-0.39, 0.29) is 18.2 Å². The molecule has 7 heteroatoms. The van der Waals surface area contributed by atoms with Crippen LogP contribution in [0, 0.1) is 0 Å². The van der Waals surface area contributed by atoms with Crippen LogP contribution in [0.15, 0.2) is 47.4 Å². The van der Waals surface area contributed by atoms with Crippen LogP contribution in [0.4, 0.5) is 11.4 Å². The van der Waals surface area contributed by atoms with E-state index in [2.05, 4.69) is 0 Å². The highest BCUT2D eigenvalue weighted by Gasteiger charge is 2.40. The summed E-state index contributed by atoms with van der Waals surface area (Å²) < 4.78 is 0. The Morgan fingerprint density at radius 3 is 2.39 bits per heavy atom. The fourth-order valence-corrected chi connectivity index (χ4v) is 3.99. The predicted octanol–water partition coefficient (Wildman–Crippen LogP) is 4.00. The lowest BCUT2D eigenvalue weighted by atomic mass is 10.3. The Hall–Kier alpha value is -1.69. The van der Waals surface area contributed by atoms with E-state index < -0.39 is 5.25 Å². The molecule has 0 aliphatic carbocycles. The van der Waals surface area contributed by atoms with Gasteiger partial charge in [0.1, 0.15) is 0 Å². The number of carbonyl (C=O) groups is 2. The number of hydrogen-bond acceptors (Lipinski definition) is 4. The number of carbonyl (C=O) groups excluding carboxylic acids is 2. The van der Waals surface area contributed by atoms with Crippen molar-refractivity contribution in [1.29, 1.82) is 0 Å². The second kappa shape index (κ2) is 6.43. The summed E-state index contributed by atoms with van der Waals surface area (Å²) >= 11 is 13.2. The number of nitrogens with zero attached hydrogens (tertiary/aromatic N) is 1. The fraction of sp³-hybridized carbons (Fsp3) is 0.125. The van der Waals surface area contributed by atoms with Gasteiger partial charge >= 0.3 is 0 Å². The normalized spacial score (nSPS) is 17.8. The first kappa shape index (κ1) is 16.2. The van der Waals surface area contributed by atoms with Gasteiger partial charge in [-0.05, 0) is 30.3 Å². The van der Waals surface area contributed by atoms with Crippen LogP contribution >= 0.6 is 35.0 Å². The number of benzene rings is 2. The Bertz CT molecular complexity index is 777. The molecule has 1 aliphatic rings. The molecule has 1 heterocycles. The van der Waals surface area contributed by atoms with Gasteiger partial charge in [0.25, 0.3) is 0 Å². The van der Waals surface area contributed by atoms with E-state index in [1.807, 2.05) is 18.2 Å². The van der Waals surface area contributed by atoms with Gasteiger partial charge in [0.2, 0.25) is 11.8 Å². The van der Waals surface area contributed by atoms with Crippen LogP contribution in [-0.4, -0.2) is 17.1 Å². The first-order chi connectivity index (χ1) is 11.0. The van der Waals surface area contributed by atoms with Gasteiger partial charge in [0.05, 0.1) is 10.9 Å². The Balaban J connectivity index is 1.87. The van der Waals surface area contributed by atoms with Crippen molar-refractivity contribution < 1.29 is 9.59 Å². The maximum atomic E-state index is 12.6. The first-order valence-electron chi connectivity index (χ1n) is 6.80. The number of nitrogen functional groups attached to an aromatic ring is 1. The topological polar surface area (TPSA) is 63.4 Å². The second-order valence-corrected chi connectivity index (χ2v) is 7.16. The molecule has 0 aromatic heterocycles. The molecule has 4 nitrogen and oxygen atoms in total. The molecular weight excluding hydrogens is 355 g/mol. The molecule has 0 bridgehead atoms. The van der Waals surface area contributed by atoms with Crippen molar-refractivity contribution in [2.24, 2.45) is 0 Å². The van der Waals surface area contributed by atoms with Crippen molar-refractivity contribution in [3.05, 3.63) is 52.5 Å². The molecular formula is C16H12Cl2N2O2S. The Morgan fingerprint density at radius 1 is 1.09 bits per heavy atom. The Labute approximate surface area is 147 Å². The number of para-hydroxylation sites is 1. The van der Waals surface area contributed by atoms with Gasteiger partial charge in [0, 0.05) is 27.0 Å². The summed E-state index contributed by atoms with van der Waals surface area (Å²) in [5.41, 5.74) is 6.87. The second-order valence-electron chi connectivity index (χ2n) is 5.04. The zero-order chi connectivity index (χ0) is 16.6. The minimum atomic E-state index is -0.509. The summed E-state index contributed by atoms with van der Waals surface area (Å²) in [6, 6.07) is 11.9. The molecule has 1 atom stereocenters. The van der Waals surface area contributed by atoms with Crippen LogP contribution in [0.3, 0.4) is 0 Å². The molecule has 2 N–H and O–H groups in total. The molecule has 2 aromatic rings. The summed E-state index contributed by atoms with van der Waals surface area (Å²) in [6.07, 6.45) is 0.113. The van der Waals surface area contributed by atoms with E-state index in [4.69, 9.17) is 28.9 Å². The average molecular weight is 367 g/mol. The standard InChI is InChI=1S/C16H12Cl2N2O2S/c17-9-5-10(18)7-11(6-9)20-15(21)8-14(16(20)22)23-13-4-2-1-3-12(13)19/h1-7,14H,8,19H2. The van der Waals surface area contributed by atoms with Crippen LogP contribution in [0.25, 0.3) is 0 Å². The van der Waals surface area contributed by atoms with Crippen molar-refractivity contribution in [3.63, 3.8) is 0 Å². The highest BCUT2D eigenvalue weighted by atomic mass is 35.5. The summed E-state index contributed by atoms with van der Waals surface area (Å²) in [4.78, 5) is 26.8. The minimum Gasteiger partial charge on any atom is -0.398 e. The van der Waals surface area contributed by atoms with Crippen LogP contribution < -0.4 is 10.6 Å². The number of amides is 2. The average Bonchev–Trinajstić information content (AvgIpc) is 2.75. The van der Waals surface area contributed by atoms with Crippen molar-refractivity contribution in [2.75, 3.05) is 10.6 Å². The van der Waals surface area contributed by atoms with E-state index in [9.17, 15) is 9.59 Å². The van der Waals surface area contributed by atoms with E-state index in [0.717, 1.165) is 9.80 Å². The molecule has 3 rings (SSSR count). The monoisotopic (exact) mass is 366 g/mol. The highest BCUT2D eigenvalue weighted by molar-refractivity contribution is 8.00. The zero-order valence-electron chi connectivity index (χ0n) is 11.8. The van der Waals surface area contributed by atoms with E-state index in [0.29, 0.717) is 21.4 Å². The third-order valence-electron chi connectivity index (χ3n) is 3.40. The summed E-state index contributed by atoms with van der Waals surface area (Å²) in [6.45, 7) is 0. The van der Waals surface area contributed by atoms with Gasteiger partial charge < -0.3 is 5.73 Å². The molecule has 0 radical (unpaired) electrons. The number of imide groups is 1. The molecule has 1 unspecified atom stereocenters. The SMILES string of the molecule is Nc1ccccc1SC1CC(=O)N(c2cc(Cl)cc(Cl)c2)C1=O. The van der Waals surface area contributed by atoms with Crippen LogP contribution in [0.1, 0.15) is 6.42 Å². The van der Waals surface area contributed by atoms with Crippen LogP contribution in [0.5, 0.6) is 0 Å². The van der Waals surface area contributed by atoms with Crippen molar-refractivity contribution in [1.82, 2.24) is 0 Å². The van der Waals surface area contributed by atoms with Gasteiger partial charge in [-0.2, -0.15) is 0 Å². The third kappa shape index (κ3) is 3.32. The molecule has 1 fully saturated rings. The van der Waals surface area contributed by atoms with Crippen molar-refractivity contribution in [3.8, 4) is 0 Å². The third-order valence-corrected chi connectivity index (χ3v) is 5.11. The number of hydrogen-bond donors (Lipinski definition) is 1. The smallest absolute Gasteiger partial charge is 0.247 e. The molecule has 0 saturated carbocycles. The predicted molar refractivity (Wildman–Crippen MR) is 94.1 cm³/mol. The number of halogens is 2. The van der Waals surface area contributed by atoms with Gasteiger partial charge in [-0.15, -0.1) is 11.8 Å². The van der Waals surface area contributed by atoms with E-state index >= 15 is 0 Å². The van der Waals surface area contributed by atoms with Crippen molar-refractivity contribution >= 4 is 58.2 Å². The highest BCUT2D eigenvalue weighted by Crippen LogP contribution is 2.37. The zero-order valence-corrected chi connectivity index (χ0v) is 14.2. The minimum absolute atomic E-state index is 0.113. The van der Waals surface area contributed by atoms with E-state index in [1.54, 1.807) is 24.3 Å². The lowest BCUT2D eigenvalue weighted by Crippen LogP contribution is -2.31. The fourth-order valence-electron chi connectivity index (χ4n) is 2.38. The summed E-state index contributed by atoms with van der Waals surface area (Å²) in [5.74, 6) is -0.568. The molecule has 2 amide bonds. The molecule has 2 aromatic carbocycles. The first-order valence-corrected chi connectivity index (χ1v) is 8.43. The maximum absolute atomic E-state index is 12.6. The number of anilines is 2. The maximum Gasteiger partial charge on any atom is 0.247 e. The lowest BCUT2D eigenvalue weighted by molar-refractivity contribution is -0.121. The summed E-state index contributed by atoms with van der Waals surface area (Å²) in [5, 5.41) is 0.234. The quantitative estimate of drug-likeness (QED) is 0.658. The van der Waals surface area contributed by atoms with Crippen LogP contribution in [-0.2, 0) is 9.59 Å². The Kier molecular flexibility index (Phi) is 4.53. The molecule has 23 heavy (non-hydrogen) atoms. The lowest BCUT2D eigenvalue weighted by Gasteiger charge is -2.16. The molecule has 1 aliphatic heterocycles. The Morgan fingerprint density at radius 2 is 1.74 bits per heavy atom. The van der Waals surface area contributed by atoms with Gasteiger partial charge in [-0.3, -0.25) is 9.59 Å². The largest absolute Gasteiger partial charge is 0.398 e. The number of thioether (sulfide) groups is 1. The van der Waals surface area contributed by atoms with Gasteiger partial charge in [0.15, 0.2) is 0 Å². The summed E-state index contributed by atoms with van der Waals surface area (Å²) in [7, 11) is 0. The van der Waals surface area contributed by atoms with E-state index in [1.165, 1.54) is 11.8 Å². The van der Waals surface area contributed by atoms with Gasteiger partial charge in [-0.25, -0.2) is 4.90 Å². The number of nitrogens with two attached hydrogens (primary N) is 1.